The highest BCUT2D eigenvalue weighted by atomic mass is 16.3. The van der Waals surface area contributed by atoms with Crippen molar-refractivity contribution >= 4 is 5.69 Å². The van der Waals surface area contributed by atoms with Gasteiger partial charge in [-0.3, -0.25) is 4.98 Å². The van der Waals surface area contributed by atoms with Gasteiger partial charge in [0.1, 0.15) is 0 Å². The lowest BCUT2D eigenvalue weighted by Gasteiger charge is -2.33. The molecule has 1 aliphatic rings. The van der Waals surface area contributed by atoms with E-state index in [2.05, 4.69) is 27.9 Å². The first-order valence-corrected chi connectivity index (χ1v) is 6.28. The van der Waals surface area contributed by atoms with Crippen molar-refractivity contribution in [2.24, 2.45) is 0 Å². The van der Waals surface area contributed by atoms with Gasteiger partial charge < -0.3 is 14.9 Å². The number of aliphatic hydroxyl groups excluding tert-OH is 1. The van der Waals surface area contributed by atoms with Crippen LogP contribution in [0.25, 0.3) is 0 Å². The topological polar surface area (TPSA) is 39.6 Å². The van der Waals surface area contributed by atoms with E-state index in [4.69, 9.17) is 0 Å². The molecule has 1 unspecified atom stereocenters. The molecule has 0 spiro atoms. The zero-order chi connectivity index (χ0) is 12.3. The zero-order valence-electron chi connectivity index (χ0n) is 10.6. The number of anilines is 1. The minimum absolute atomic E-state index is 0.434. The molecule has 0 amide bonds. The van der Waals surface area contributed by atoms with E-state index < -0.39 is 6.10 Å². The lowest BCUT2D eigenvalue weighted by atomic mass is 10.2. The predicted octanol–water partition coefficient (Wildman–Crippen LogP) is 1.28. The Morgan fingerprint density at radius 3 is 2.53 bits per heavy atom. The smallest absolute Gasteiger partial charge is 0.0957 e. The summed E-state index contributed by atoms with van der Waals surface area (Å²) in [6.07, 6.45) is 2.15. The summed E-state index contributed by atoms with van der Waals surface area (Å²) in [5, 5.41) is 9.68. The fraction of sp³-hybridized carbons (Fsp3) is 0.615. The molecule has 1 N–H and O–H groups in total. The van der Waals surface area contributed by atoms with E-state index in [1.54, 1.807) is 0 Å². The van der Waals surface area contributed by atoms with Crippen LogP contribution in [-0.4, -0.2) is 48.2 Å². The summed E-state index contributed by atoms with van der Waals surface area (Å²) in [6.45, 7) is 6.25. The number of aromatic nitrogens is 1. The van der Waals surface area contributed by atoms with E-state index in [-0.39, 0.29) is 0 Å². The maximum absolute atomic E-state index is 9.68. The van der Waals surface area contributed by atoms with Gasteiger partial charge in [-0.15, -0.1) is 0 Å². The molecule has 1 atom stereocenters. The monoisotopic (exact) mass is 235 g/mol. The Morgan fingerprint density at radius 2 is 2.00 bits per heavy atom. The fourth-order valence-electron chi connectivity index (χ4n) is 2.06. The van der Waals surface area contributed by atoms with Gasteiger partial charge in [0.05, 0.1) is 23.7 Å². The van der Waals surface area contributed by atoms with Crippen LogP contribution in [-0.2, 0) is 0 Å². The van der Waals surface area contributed by atoms with E-state index in [0.29, 0.717) is 6.42 Å². The second kappa shape index (κ2) is 5.47. The maximum atomic E-state index is 9.68. The Bertz CT molecular complexity index is 344. The number of piperazine rings is 1. The third-order valence-corrected chi connectivity index (χ3v) is 3.37. The highest BCUT2D eigenvalue weighted by Gasteiger charge is 2.15. The first-order valence-electron chi connectivity index (χ1n) is 6.28. The molecule has 4 heteroatoms. The zero-order valence-corrected chi connectivity index (χ0v) is 10.6. The van der Waals surface area contributed by atoms with Crippen molar-refractivity contribution in [1.29, 1.82) is 0 Å². The number of rotatable bonds is 3. The van der Waals surface area contributed by atoms with Crippen LogP contribution in [0.3, 0.4) is 0 Å². The van der Waals surface area contributed by atoms with E-state index in [0.717, 1.165) is 37.6 Å². The van der Waals surface area contributed by atoms with Gasteiger partial charge in [-0.1, -0.05) is 6.92 Å². The second-order valence-electron chi connectivity index (χ2n) is 4.66. The van der Waals surface area contributed by atoms with Gasteiger partial charge in [0.2, 0.25) is 0 Å². The van der Waals surface area contributed by atoms with Crippen LogP contribution in [0.4, 0.5) is 5.69 Å². The van der Waals surface area contributed by atoms with Gasteiger partial charge in [-0.2, -0.15) is 0 Å². The Balaban J connectivity index is 2.02. The SMILES string of the molecule is CCC(O)c1ccc(N2CCN(C)CC2)cn1. The summed E-state index contributed by atoms with van der Waals surface area (Å²) in [5.41, 5.74) is 1.93. The second-order valence-corrected chi connectivity index (χ2v) is 4.66. The van der Waals surface area contributed by atoms with Gasteiger partial charge in [-0.05, 0) is 25.6 Å². The molecule has 1 aromatic rings. The largest absolute Gasteiger partial charge is 0.387 e. The molecule has 1 fully saturated rings. The molecule has 0 bridgehead atoms. The average Bonchev–Trinajstić information content (AvgIpc) is 2.39. The minimum atomic E-state index is -0.434. The van der Waals surface area contributed by atoms with Gasteiger partial charge >= 0.3 is 0 Å². The molecule has 17 heavy (non-hydrogen) atoms. The quantitative estimate of drug-likeness (QED) is 0.856. The van der Waals surface area contributed by atoms with Crippen LogP contribution in [0, 0.1) is 0 Å². The molecule has 1 saturated heterocycles. The Kier molecular flexibility index (Phi) is 3.97. The normalized spacial score (nSPS) is 19.4. The van der Waals surface area contributed by atoms with Crippen LogP contribution >= 0.6 is 0 Å². The van der Waals surface area contributed by atoms with Crippen molar-refractivity contribution in [2.75, 3.05) is 38.1 Å². The van der Waals surface area contributed by atoms with Gasteiger partial charge in [-0.25, -0.2) is 0 Å². The van der Waals surface area contributed by atoms with Gasteiger partial charge in [0, 0.05) is 26.2 Å². The standard InChI is InChI=1S/C13H21N3O/c1-3-13(17)12-5-4-11(10-14-12)16-8-6-15(2)7-9-16/h4-5,10,13,17H,3,6-9H2,1-2H3. The molecule has 1 aromatic heterocycles. The van der Waals surface area contributed by atoms with Crippen LogP contribution in [0.1, 0.15) is 25.1 Å². The van der Waals surface area contributed by atoms with Crippen LogP contribution in [0.2, 0.25) is 0 Å². The summed E-state index contributed by atoms with van der Waals surface area (Å²) in [4.78, 5) is 9.01. The summed E-state index contributed by atoms with van der Waals surface area (Å²) in [6, 6.07) is 3.99. The molecule has 4 nitrogen and oxygen atoms in total. The number of pyridine rings is 1. The first-order chi connectivity index (χ1) is 8.20. The molecule has 2 rings (SSSR count). The summed E-state index contributed by atoms with van der Waals surface area (Å²) < 4.78 is 0. The van der Waals surface area contributed by atoms with E-state index in [1.165, 1.54) is 0 Å². The molecule has 0 saturated carbocycles. The Hall–Kier alpha value is -1.13. The van der Waals surface area contributed by atoms with Crippen LogP contribution in [0.5, 0.6) is 0 Å². The summed E-state index contributed by atoms with van der Waals surface area (Å²) in [7, 11) is 2.15. The highest BCUT2D eigenvalue weighted by molar-refractivity contribution is 5.45. The minimum Gasteiger partial charge on any atom is -0.387 e. The average molecular weight is 235 g/mol. The highest BCUT2D eigenvalue weighted by Crippen LogP contribution is 2.19. The maximum Gasteiger partial charge on any atom is 0.0957 e. The molecule has 0 aromatic carbocycles. The van der Waals surface area contributed by atoms with E-state index in [9.17, 15) is 5.11 Å². The Labute approximate surface area is 103 Å². The molecular weight excluding hydrogens is 214 g/mol. The van der Waals surface area contributed by atoms with E-state index >= 15 is 0 Å². The number of hydrogen-bond donors (Lipinski definition) is 1. The van der Waals surface area contributed by atoms with Crippen LogP contribution < -0.4 is 4.90 Å². The number of hydrogen-bond acceptors (Lipinski definition) is 4. The van der Waals surface area contributed by atoms with Crippen molar-refractivity contribution in [3.63, 3.8) is 0 Å². The summed E-state index contributed by atoms with van der Waals surface area (Å²) in [5.74, 6) is 0. The van der Waals surface area contributed by atoms with E-state index in [1.807, 2.05) is 19.2 Å². The molecule has 2 heterocycles. The van der Waals surface area contributed by atoms with Gasteiger partial charge in [0.25, 0.3) is 0 Å². The third kappa shape index (κ3) is 2.96. The number of nitrogens with zero attached hydrogens (tertiary/aromatic N) is 3. The number of likely N-dealkylation sites (N-methyl/N-ethyl adjacent to an activating group) is 1. The third-order valence-electron chi connectivity index (χ3n) is 3.37. The van der Waals surface area contributed by atoms with Crippen molar-refractivity contribution < 1.29 is 5.11 Å². The fourth-order valence-corrected chi connectivity index (χ4v) is 2.06. The predicted molar refractivity (Wildman–Crippen MR) is 69.2 cm³/mol. The Morgan fingerprint density at radius 1 is 1.29 bits per heavy atom. The molecular formula is C13H21N3O. The van der Waals surface area contributed by atoms with Gasteiger partial charge in [0.15, 0.2) is 0 Å². The number of aliphatic hydroxyl groups is 1. The van der Waals surface area contributed by atoms with Crippen molar-refractivity contribution in [2.45, 2.75) is 19.4 Å². The van der Waals surface area contributed by atoms with Crippen molar-refractivity contribution in [3.05, 3.63) is 24.0 Å². The van der Waals surface area contributed by atoms with Crippen molar-refractivity contribution in [1.82, 2.24) is 9.88 Å². The van der Waals surface area contributed by atoms with Crippen molar-refractivity contribution in [3.8, 4) is 0 Å². The van der Waals surface area contributed by atoms with Crippen LogP contribution in [0.15, 0.2) is 18.3 Å². The first kappa shape index (κ1) is 12.3. The molecule has 94 valence electrons. The lowest BCUT2D eigenvalue weighted by Crippen LogP contribution is -2.44. The molecule has 0 aliphatic carbocycles. The molecule has 1 aliphatic heterocycles. The lowest BCUT2D eigenvalue weighted by molar-refractivity contribution is 0.169. The molecule has 0 radical (unpaired) electrons. The summed E-state index contributed by atoms with van der Waals surface area (Å²) >= 11 is 0.